The van der Waals surface area contributed by atoms with Gasteiger partial charge in [0, 0.05) is 36.8 Å². The van der Waals surface area contributed by atoms with Crippen LogP contribution in [0.2, 0.25) is 5.15 Å². The molecule has 0 bridgehead atoms. The summed E-state index contributed by atoms with van der Waals surface area (Å²) in [5, 5.41) is 0.377. The fourth-order valence-corrected chi connectivity index (χ4v) is 3.61. The number of fused-ring (bicyclic) bond motifs is 2. The van der Waals surface area contributed by atoms with E-state index in [-0.39, 0.29) is 17.1 Å². The Balaban J connectivity index is 1.81. The quantitative estimate of drug-likeness (QED) is 0.770. The van der Waals surface area contributed by atoms with Crippen molar-refractivity contribution >= 4 is 23.2 Å². The van der Waals surface area contributed by atoms with Gasteiger partial charge in [0.1, 0.15) is 10.8 Å². The summed E-state index contributed by atoms with van der Waals surface area (Å²) in [5.74, 6) is -2.71. The molecule has 3 heterocycles. The normalized spacial score (nSPS) is 18.9. The van der Waals surface area contributed by atoms with Crippen molar-refractivity contribution in [3.05, 3.63) is 40.9 Å². The van der Waals surface area contributed by atoms with Gasteiger partial charge < -0.3 is 4.90 Å². The van der Waals surface area contributed by atoms with E-state index in [4.69, 9.17) is 11.6 Å². The highest BCUT2D eigenvalue weighted by Gasteiger charge is 2.48. The molecule has 2 aromatic rings. The fourth-order valence-electron chi connectivity index (χ4n) is 3.46. The summed E-state index contributed by atoms with van der Waals surface area (Å²) >= 11 is 6.04. The summed E-state index contributed by atoms with van der Waals surface area (Å²) in [7, 11) is 0. The molecule has 0 saturated heterocycles. The molecular formula is C16H15ClF2N4. The Bertz CT molecular complexity index is 771. The van der Waals surface area contributed by atoms with Gasteiger partial charge in [0.2, 0.25) is 5.95 Å². The Hall–Kier alpha value is -1.82. The van der Waals surface area contributed by atoms with E-state index >= 15 is 0 Å². The van der Waals surface area contributed by atoms with E-state index in [2.05, 4.69) is 15.0 Å². The van der Waals surface area contributed by atoms with Gasteiger partial charge in [0.05, 0.1) is 5.69 Å². The average Bonchev–Trinajstić information content (AvgIpc) is 2.81. The SMILES string of the molecule is CC(F)(F)c1ccnc(N2CC3(CCC3)c3cnc(Cl)cc32)n1. The molecule has 0 aromatic carbocycles. The van der Waals surface area contributed by atoms with Crippen molar-refractivity contribution in [2.75, 3.05) is 11.4 Å². The van der Waals surface area contributed by atoms with Gasteiger partial charge in [-0.25, -0.2) is 15.0 Å². The second-order valence-corrected chi connectivity index (χ2v) is 6.76. The first-order chi connectivity index (χ1) is 10.9. The topological polar surface area (TPSA) is 41.9 Å². The van der Waals surface area contributed by atoms with Crippen molar-refractivity contribution in [2.24, 2.45) is 0 Å². The van der Waals surface area contributed by atoms with E-state index in [1.54, 1.807) is 12.3 Å². The van der Waals surface area contributed by atoms with E-state index in [9.17, 15) is 8.78 Å². The molecule has 7 heteroatoms. The Morgan fingerprint density at radius 2 is 2.09 bits per heavy atom. The van der Waals surface area contributed by atoms with Crippen LogP contribution in [-0.2, 0) is 11.3 Å². The third-order valence-corrected chi connectivity index (χ3v) is 5.02. The number of pyridine rings is 1. The maximum Gasteiger partial charge on any atom is 0.287 e. The molecule has 1 fully saturated rings. The summed E-state index contributed by atoms with van der Waals surface area (Å²) < 4.78 is 27.1. The predicted molar refractivity (Wildman–Crippen MR) is 83.4 cm³/mol. The molecule has 2 aliphatic rings. The van der Waals surface area contributed by atoms with Crippen molar-refractivity contribution in [1.82, 2.24) is 15.0 Å². The van der Waals surface area contributed by atoms with Crippen LogP contribution in [0.5, 0.6) is 0 Å². The third-order valence-electron chi connectivity index (χ3n) is 4.82. The van der Waals surface area contributed by atoms with Crippen molar-refractivity contribution < 1.29 is 8.78 Å². The second-order valence-electron chi connectivity index (χ2n) is 6.37. The molecule has 0 unspecified atom stereocenters. The zero-order chi connectivity index (χ0) is 16.2. The zero-order valence-electron chi connectivity index (χ0n) is 12.6. The standard InChI is InChI=1S/C16H15ClF2N4/c1-15(18,19)12-3-6-20-14(22-12)23-9-16(4-2-5-16)10-8-21-13(17)7-11(10)23/h3,6-8H,2,4-5,9H2,1H3. The van der Waals surface area contributed by atoms with Crippen molar-refractivity contribution in [1.29, 1.82) is 0 Å². The molecule has 120 valence electrons. The van der Waals surface area contributed by atoms with Crippen molar-refractivity contribution in [3.63, 3.8) is 0 Å². The molecule has 0 atom stereocenters. The van der Waals surface area contributed by atoms with Gasteiger partial charge in [-0.1, -0.05) is 18.0 Å². The highest BCUT2D eigenvalue weighted by atomic mass is 35.5. The van der Waals surface area contributed by atoms with Crippen LogP contribution >= 0.6 is 11.6 Å². The third kappa shape index (κ3) is 2.27. The van der Waals surface area contributed by atoms with Crippen LogP contribution in [0.25, 0.3) is 0 Å². The lowest BCUT2D eigenvalue weighted by Crippen LogP contribution is -2.38. The summed E-state index contributed by atoms with van der Waals surface area (Å²) in [4.78, 5) is 14.4. The minimum atomic E-state index is -3.00. The van der Waals surface area contributed by atoms with Gasteiger partial charge in [-0.15, -0.1) is 0 Å². The molecular weight excluding hydrogens is 322 g/mol. The van der Waals surface area contributed by atoms with Crippen LogP contribution in [0.15, 0.2) is 24.5 Å². The Morgan fingerprint density at radius 1 is 1.30 bits per heavy atom. The van der Waals surface area contributed by atoms with Crippen molar-refractivity contribution in [2.45, 2.75) is 37.5 Å². The van der Waals surface area contributed by atoms with Gasteiger partial charge in [-0.2, -0.15) is 8.78 Å². The van der Waals surface area contributed by atoms with E-state index in [0.29, 0.717) is 11.7 Å². The molecule has 1 spiro atoms. The average molecular weight is 337 g/mol. The van der Waals surface area contributed by atoms with Crippen LogP contribution in [0.1, 0.15) is 37.4 Å². The lowest BCUT2D eigenvalue weighted by Gasteiger charge is -2.38. The maximum absolute atomic E-state index is 13.6. The summed E-state index contributed by atoms with van der Waals surface area (Å²) in [6.07, 6.45) is 6.45. The molecule has 1 saturated carbocycles. The number of halogens is 3. The number of rotatable bonds is 2. The molecule has 0 N–H and O–H groups in total. The van der Waals surface area contributed by atoms with Crippen LogP contribution in [0.3, 0.4) is 0 Å². The minimum absolute atomic E-state index is 0.0288. The van der Waals surface area contributed by atoms with E-state index < -0.39 is 5.92 Å². The monoisotopic (exact) mass is 336 g/mol. The Labute approximate surface area is 137 Å². The first-order valence-corrected chi connectivity index (χ1v) is 7.92. The van der Waals surface area contributed by atoms with Gasteiger partial charge in [0.25, 0.3) is 5.92 Å². The number of anilines is 2. The largest absolute Gasteiger partial charge is 0.309 e. The lowest BCUT2D eigenvalue weighted by atomic mass is 9.66. The van der Waals surface area contributed by atoms with Gasteiger partial charge >= 0.3 is 0 Å². The molecule has 23 heavy (non-hydrogen) atoms. The Kier molecular flexibility index (Phi) is 3.10. The number of hydrogen-bond acceptors (Lipinski definition) is 4. The zero-order valence-corrected chi connectivity index (χ0v) is 13.3. The lowest BCUT2D eigenvalue weighted by molar-refractivity contribution is 0.0127. The second kappa shape index (κ2) is 4.84. The molecule has 0 radical (unpaired) electrons. The number of hydrogen-bond donors (Lipinski definition) is 0. The molecule has 4 rings (SSSR count). The summed E-state index contributed by atoms with van der Waals surface area (Å²) in [6, 6.07) is 3.02. The number of aromatic nitrogens is 3. The van der Waals surface area contributed by atoms with Crippen LogP contribution < -0.4 is 4.90 Å². The predicted octanol–water partition coefficient (Wildman–Crippen LogP) is 4.21. The van der Waals surface area contributed by atoms with E-state index in [1.165, 1.54) is 12.3 Å². The van der Waals surface area contributed by atoms with E-state index in [0.717, 1.165) is 37.4 Å². The molecule has 1 aliphatic carbocycles. The van der Waals surface area contributed by atoms with Crippen molar-refractivity contribution in [3.8, 4) is 0 Å². The van der Waals surface area contributed by atoms with Crippen LogP contribution in [0, 0.1) is 0 Å². The molecule has 1 aliphatic heterocycles. The molecule has 2 aromatic heterocycles. The van der Waals surface area contributed by atoms with Crippen LogP contribution in [-0.4, -0.2) is 21.5 Å². The molecule has 0 amide bonds. The van der Waals surface area contributed by atoms with Gasteiger partial charge in [-0.3, -0.25) is 0 Å². The molecule has 4 nitrogen and oxygen atoms in total. The first kappa shape index (κ1) is 14.8. The highest BCUT2D eigenvalue weighted by molar-refractivity contribution is 6.29. The Morgan fingerprint density at radius 3 is 2.74 bits per heavy atom. The van der Waals surface area contributed by atoms with E-state index in [1.807, 2.05) is 4.90 Å². The minimum Gasteiger partial charge on any atom is -0.309 e. The fraction of sp³-hybridized carbons (Fsp3) is 0.438. The summed E-state index contributed by atoms with van der Waals surface area (Å²) in [5.41, 5.74) is 1.74. The number of alkyl halides is 2. The number of nitrogens with zero attached hydrogens (tertiary/aromatic N) is 4. The maximum atomic E-state index is 13.6. The smallest absolute Gasteiger partial charge is 0.287 e. The van der Waals surface area contributed by atoms with Gasteiger partial charge in [0.15, 0.2) is 0 Å². The summed E-state index contributed by atoms with van der Waals surface area (Å²) in [6.45, 7) is 1.52. The first-order valence-electron chi connectivity index (χ1n) is 7.54. The van der Waals surface area contributed by atoms with Crippen LogP contribution in [0.4, 0.5) is 20.4 Å². The van der Waals surface area contributed by atoms with Gasteiger partial charge in [-0.05, 0) is 25.0 Å². The highest BCUT2D eigenvalue weighted by Crippen LogP contribution is 2.54.